The van der Waals surface area contributed by atoms with Gasteiger partial charge in [0, 0.05) is 6.42 Å². The molecule has 1 rings (SSSR count). The fourth-order valence-electron chi connectivity index (χ4n) is 3.26. The Labute approximate surface area is 200 Å². The minimum atomic E-state index is -1.16. The minimum Gasteiger partial charge on any atom is -0.480 e. The quantitative estimate of drug-likeness (QED) is 0.138. The maximum Gasteiger partial charge on any atom is 0.326 e. The molecular weight excluding hydrogens is 440 g/mol. The Morgan fingerprint density at radius 3 is 2.03 bits per heavy atom. The van der Waals surface area contributed by atoms with Crippen LogP contribution in [0.25, 0.3) is 0 Å². The topological polar surface area (TPSA) is 203 Å². The highest BCUT2D eigenvalue weighted by atomic mass is 16.4. The molecule has 3 atom stereocenters. The molecule has 3 amide bonds. The van der Waals surface area contributed by atoms with Gasteiger partial charge >= 0.3 is 5.97 Å². The number of hydrogen-bond acceptors (Lipinski definition) is 7. The second-order valence-electron chi connectivity index (χ2n) is 8.10. The van der Waals surface area contributed by atoms with Crippen molar-refractivity contribution in [2.45, 2.75) is 63.1 Å². The minimum absolute atomic E-state index is 0.201. The predicted molar refractivity (Wildman–Crippen MR) is 128 cm³/mol. The van der Waals surface area contributed by atoms with E-state index in [1.54, 1.807) is 0 Å². The third-order valence-electron chi connectivity index (χ3n) is 5.23. The van der Waals surface area contributed by atoms with Crippen LogP contribution in [0.5, 0.6) is 0 Å². The van der Waals surface area contributed by atoms with Crippen LogP contribution in [-0.4, -0.2) is 66.6 Å². The molecule has 0 aliphatic carbocycles. The summed E-state index contributed by atoms with van der Waals surface area (Å²) in [6, 6.07) is 6.29. The number of rotatable bonds is 17. The molecule has 1 aromatic rings. The van der Waals surface area contributed by atoms with Crippen molar-refractivity contribution in [1.29, 1.82) is 0 Å². The van der Waals surface area contributed by atoms with Gasteiger partial charge < -0.3 is 38.3 Å². The molecule has 0 spiro atoms. The lowest BCUT2D eigenvalue weighted by Crippen LogP contribution is -2.54. The summed E-state index contributed by atoms with van der Waals surface area (Å²) in [4.78, 5) is 48.9. The molecule has 0 saturated heterocycles. The van der Waals surface area contributed by atoms with Gasteiger partial charge in [-0.3, -0.25) is 14.4 Å². The van der Waals surface area contributed by atoms with Crippen molar-refractivity contribution in [3.8, 4) is 0 Å². The Hall–Kier alpha value is -3.02. The zero-order valence-electron chi connectivity index (χ0n) is 19.5. The van der Waals surface area contributed by atoms with Crippen LogP contribution in [0.2, 0.25) is 0 Å². The van der Waals surface area contributed by atoms with E-state index in [0.29, 0.717) is 38.8 Å². The summed E-state index contributed by atoms with van der Waals surface area (Å²) in [6.07, 6.45) is 3.51. The lowest BCUT2D eigenvalue weighted by atomic mass is 10.0. The monoisotopic (exact) mass is 478 g/mol. The Bertz CT molecular complexity index is 776. The Kier molecular flexibility index (Phi) is 14.1. The van der Waals surface area contributed by atoms with Crippen LogP contribution >= 0.6 is 0 Å². The summed E-state index contributed by atoms with van der Waals surface area (Å²) >= 11 is 0. The van der Waals surface area contributed by atoms with Crippen LogP contribution in [0.1, 0.15) is 44.1 Å². The zero-order chi connectivity index (χ0) is 25.3. The summed E-state index contributed by atoms with van der Waals surface area (Å²) < 4.78 is 0. The second kappa shape index (κ2) is 16.6. The van der Waals surface area contributed by atoms with E-state index < -0.39 is 48.4 Å². The number of carbonyl (C=O) groups is 4. The maximum atomic E-state index is 12.8. The summed E-state index contributed by atoms with van der Waals surface area (Å²) in [7, 11) is 0. The normalized spacial score (nSPS) is 13.4. The number of unbranched alkanes of at least 4 members (excludes halogenated alkanes) is 2. The first-order chi connectivity index (χ1) is 16.3. The maximum absolute atomic E-state index is 12.8. The number of carboxylic acid groups (broad SMARTS) is 1. The Morgan fingerprint density at radius 1 is 0.824 bits per heavy atom. The molecule has 10 N–H and O–H groups in total. The van der Waals surface area contributed by atoms with Crippen LogP contribution in [0.4, 0.5) is 0 Å². The standard InChI is InChI=1S/C23H38N6O5/c24-12-6-4-10-17(26)21(31)29-19(14-16-8-2-1-3-9-16)22(32)27-15-20(30)28-18(23(33)34)11-5-7-13-25/h1-3,8-9,17-19H,4-7,10-15,24-26H2,(H,27,32)(H,28,30)(H,29,31)(H,33,34)/t17-,18-,19-/m0/s1. The van der Waals surface area contributed by atoms with E-state index in [4.69, 9.17) is 17.2 Å². The molecule has 11 nitrogen and oxygen atoms in total. The molecule has 190 valence electrons. The molecule has 0 aliphatic heterocycles. The highest BCUT2D eigenvalue weighted by molar-refractivity contribution is 5.92. The highest BCUT2D eigenvalue weighted by Gasteiger charge is 2.25. The van der Waals surface area contributed by atoms with Crippen molar-refractivity contribution >= 4 is 23.7 Å². The molecule has 0 heterocycles. The molecular formula is C23H38N6O5. The van der Waals surface area contributed by atoms with E-state index in [-0.39, 0.29) is 12.8 Å². The third-order valence-corrected chi connectivity index (χ3v) is 5.23. The number of carboxylic acids is 1. The molecule has 0 aromatic heterocycles. The fraction of sp³-hybridized carbons (Fsp3) is 0.565. The SMILES string of the molecule is NCCCC[C@H](NC(=O)CNC(=O)[C@H](Cc1ccccc1)NC(=O)[C@@H](N)CCCCN)C(=O)O. The van der Waals surface area contributed by atoms with Crippen molar-refractivity contribution in [2.75, 3.05) is 19.6 Å². The summed E-state index contributed by atoms with van der Waals surface area (Å²) in [6.45, 7) is 0.510. The molecule has 0 radical (unpaired) electrons. The van der Waals surface area contributed by atoms with Crippen LogP contribution in [0.15, 0.2) is 30.3 Å². The van der Waals surface area contributed by atoms with Crippen LogP contribution in [0.3, 0.4) is 0 Å². The van der Waals surface area contributed by atoms with Crippen molar-refractivity contribution in [2.24, 2.45) is 17.2 Å². The van der Waals surface area contributed by atoms with Gasteiger partial charge in [0.05, 0.1) is 12.6 Å². The van der Waals surface area contributed by atoms with Gasteiger partial charge in [-0.15, -0.1) is 0 Å². The Morgan fingerprint density at radius 2 is 1.44 bits per heavy atom. The third kappa shape index (κ3) is 11.7. The van der Waals surface area contributed by atoms with E-state index in [9.17, 15) is 24.3 Å². The van der Waals surface area contributed by atoms with Gasteiger partial charge in [0.2, 0.25) is 17.7 Å². The van der Waals surface area contributed by atoms with E-state index in [0.717, 1.165) is 12.0 Å². The van der Waals surface area contributed by atoms with E-state index in [1.165, 1.54) is 0 Å². The van der Waals surface area contributed by atoms with E-state index >= 15 is 0 Å². The zero-order valence-corrected chi connectivity index (χ0v) is 19.5. The molecule has 0 saturated carbocycles. The number of aliphatic carboxylic acids is 1. The highest BCUT2D eigenvalue weighted by Crippen LogP contribution is 2.06. The van der Waals surface area contributed by atoms with Gasteiger partial charge in [-0.25, -0.2) is 4.79 Å². The Balaban J connectivity index is 2.72. The largest absolute Gasteiger partial charge is 0.480 e. The summed E-state index contributed by atoms with van der Waals surface area (Å²) in [5.74, 6) is -2.84. The van der Waals surface area contributed by atoms with Gasteiger partial charge in [-0.2, -0.15) is 0 Å². The summed E-state index contributed by atoms with van der Waals surface area (Å²) in [5.41, 5.74) is 17.6. The number of nitrogens with one attached hydrogen (secondary N) is 3. The smallest absolute Gasteiger partial charge is 0.326 e. The first-order valence-corrected chi connectivity index (χ1v) is 11.6. The second-order valence-corrected chi connectivity index (χ2v) is 8.10. The molecule has 0 aliphatic rings. The molecule has 11 heteroatoms. The first kappa shape index (κ1) is 29.0. The van der Waals surface area contributed by atoms with Gasteiger partial charge in [0.25, 0.3) is 0 Å². The van der Waals surface area contributed by atoms with Gasteiger partial charge in [-0.05, 0) is 50.8 Å². The molecule has 0 unspecified atom stereocenters. The van der Waals surface area contributed by atoms with Crippen molar-refractivity contribution in [1.82, 2.24) is 16.0 Å². The van der Waals surface area contributed by atoms with Gasteiger partial charge in [-0.1, -0.05) is 36.8 Å². The number of amides is 3. The predicted octanol–water partition coefficient (Wildman–Crippen LogP) is -1.02. The average molecular weight is 479 g/mol. The number of carbonyl (C=O) groups excluding carboxylic acids is 3. The van der Waals surface area contributed by atoms with Crippen molar-refractivity contribution in [3.63, 3.8) is 0 Å². The summed E-state index contributed by atoms with van der Waals surface area (Å²) in [5, 5.41) is 16.8. The van der Waals surface area contributed by atoms with Gasteiger partial charge in [0.1, 0.15) is 12.1 Å². The molecule has 0 fully saturated rings. The first-order valence-electron chi connectivity index (χ1n) is 11.6. The lowest BCUT2D eigenvalue weighted by molar-refractivity contribution is -0.142. The van der Waals surface area contributed by atoms with Crippen molar-refractivity contribution in [3.05, 3.63) is 35.9 Å². The average Bonchev–Trinajstić information content (AvgIpc) is 2.82. The molecule has 34 heavy (non-hydrogen) atoms. The fourth-order valence-corrected chi connectivity index (χ4v) is 3.26. The van der Waals surface area contributed by atoms with Crippen LogP contribution in [0, 0.1) is 0 Å². The number of nitrogens with two attached hydrogens (primary N) is 3. The van der Waals surface area contributed by atoms with E-state index in [2.05, 4.69) is 16.0 Å². The molecule has 1 aromatic carbocycles. The molecule has 0 bridgehead atoms. The van der Waals surface area contributed by atoms with Crippen LogP contribution in [-0.2, 0) is 25.6 Å². The van der Waals surface area contributed by atoms with Crippen molar-refractivity contribution < 1.29 is 24.3 Å². The van der Waals surface area contributed by atoms with Crippen LogP contribution < -0.4 is 33.2 Å². The number of hydrogen-bond donors (Lipinski definition) is 7. The lowest BCUT2D eigenvalue weighted by Gasteiger charge is -2.21. The van der Waals surface area contributed by atoms with Gasteiger partial charge in [0.15, 0.2) is 0 Å². The van der Waals surface area contributed by atoms with E-state index in [1.807, 2.05) is 30.3 Å². The number of benzene rings is 1.